The maximum absolute atomic E-state index is 11.4. The van der Waals surface area contributed by atoms with Gasteiger partial charge in [-0.3, -0.25) is 4.79 Å². The number of amides is 1. The van der Waals surface area contributed by atoms with Crippen LogP contribution in [-0.2, 0) is 4.79 Å². The monoisotopic (exact) mass is 212 g/mol. The number of aromatic nitrogens is 1. The zero-order valence-electron chi connectivity index (χ0n) is 8.48. The number of aryl methyl sites for hydroxylation is 1. The number of carboxylic acids is 1. The molecule has 0 saturated carbocycles. The minimum atomic E-state index is -1.06. The summed E-state index contributed by atoms with van der Waals surface area (Å²) in [5.74, 6) is -1.10. The number of nitrogens with zero attached hydrogens (tertiary/aromatic N) is 1. The normalized spacial score (nSPS) is 12.1. The molecule has 0 aliphatic heterocycles. The van der Waals surface area contributed by atoms with Gasteiger partial charge < -0.3 is 14.9 Å². The Kier molecular flexibility index (Phi) is 3.43. The van der Waals surface area contributed by atoms with Crippen LogP contribution in [0.2, 0.25) is 0 Å². The SMILES string of the molecule is CC[C@H](NC(=O)c1cc(C)on1)C(=O)O. The van der Waals surface area contributed by atoms with E-state index in [1.54, 1.807) is 13.8 Å². The van der Waals surface area contributed by atoms with E-state index in [0.717, 1.165) is 0 Å². The lowest BCUT2D eigenvalue weighted by atomic mass is 10.2. The van der Waals surface area contributed by atoms with Gasteiger partial charge in [-0.15, -0.1) is 0 Å². The van der Waals surface area contributed by atoms with E-state index in [1.165, 1.54) is 6.07 Å². The maximum atomic E-state index is 11.4. The van der Waals surface area contributed by atoms with Crippen molar-refractivity contribution in [3.63, 3.8) is 0 Å². The molecule has 15 heavy (non-hydrogen) atoms. The number of aliphatic carboxylic acids is 1. The van der Waals surface area contributed by atoms with E-state index >= 15 is 0 Å². The minimum absolute atomic E-state index is 0.0900. The second-order valence-electron chi connectivity index (χ2n) is 3.10. The van der Waals surface area contributed by atoms with Gasteiger partial charge in [0.15, 0.2) is 5.69 Å². The van der Waals surface area contributed by atoms with Gasteiger partial charge in [-0.25, -0.2) is 4.79 Å². The highest BCUT2D eigenvalue weighted by Gasteiger charge is 2.20. The summed E-state index contributed by atoms with van der Waals surface area (Å²) in [5, 5.41) is 14.5. The van der Waals surface area contributed by atoms with Crippen LogP contribution in [0.15, 0.2) is 10.6 Å². The quantitative estimate of drug-likeness (QED) is 0.761. The summed E-state index contributed by atoms with van der Waals surface area (Å²) in [7, 11) is 0. The molecule has 0 spiro atoms. The molecule has 0 aliphatic carbocycles. The predicted octanol–water partition coefficient (Wildman–Crippen LogP) is 0.576. The largest absolute Gasteiger partial charge is 0.480 e. The van der Waals surface area contributed by atoms with Crippen molar-refractivity contribution in [1.29, 1.82) is 0 Å². The molecule has 0 bridgehead atoms. The van der Waals surface area contributed by atoms with Gasteiger partial charge in [0.05, 0.1) is 0 Å². The molecule has 1 atom stereocenters. The lowest BCUT2D eigenvalue weighted by Gasteiger charge is -2.10. The number of carbonyl (C=O) groups is 2. The molecule has 0 radical (unpaired) electrons. The van der Waals surface area contributed by atoms with Crippen LogP contribution in [0.1, 0.15) is 29.6 Å². The fourth-order valence-electron chi connectivity index (χ4n) is 1.04. The van der Waals surface area contributed by atoms with E-state index in [9.17, 15) is 9.59 Å². The fourth-order valence-corrected chi connectivity index (χ4v) is 1.04. The third-order valence-electron chi connectivity index (χ3n) is 1.87. The summed E-state index contributed by atoms with van der Waals surface area (Å²) >= 11 is 0. The van der Waals surface area contributed by atoms with Crippen LogP contribution in [0.25, 0.3) is 0 Å². The van der Waals surface area contributed by atoms with Gasteiger partial charge in [0.1, 0.15) is 11.8 Å². The first-order chi connectivity index (χ1) is 7.04. The Morgan fingerprint density at radius 3 is 2.73 bits per heavy atom. The molecular formula is C9H12N2O4. The molecule has 0 aromatic carbocycles. The van der Waals surface area contributed by atoms with Crippen LogP contribution in [0, 0.1) is 6.92 Å². The van der Waals surface area contributed by atoms with Crippen LogP contribution in [0.4, 0.5) is 0 Å². The molecule has 6 nitrogen and oxygen atoms in total. The topological polar surface area (TPSA) is 92.4 Å². The summed E-state index contributed by atoms with van der Waals surface area (Å²) in [6.07, 6.45) is 0.317. The zero-order chi connectivity index (χ0) is 11.4. The number of nitrogens with one attached hydrogen (secondary N) is 1. The average Bonchev–Trinajstić information content (AvgIpc) is 2.60. The van der Waals surface area contributed by atoms with Crippen LogP contribution in [0.3, 0.4) is 0 Å². The van der Waals surface area contributed by atoms with Crippen LogP contribution in [0.5, 0.6) is 0 Å². The molecule has 1 aromatic rings. The Hall–Kier alpha value is -1.85. The molecule has 0 saturated heterocycles. The number of hydrogen-bond acceptors (Lipinski definition) is 4. The van der Waals surface area contributed by atoms with Gasteiger partial charge in [0.2, 0.25) is 0 Å². The van der Waals surface area contributed by atoms with Gasteiger partial charge in [-0.2, -0.15) is 0 Å². The molecule has 2 N–H and O–H groups in total. The molecule has 6 heteroatoms. The van der Waals surface area contributed by atoms with Crippen LogP contribution >= 0.6 is 0 Å². The highest BCUT2D eigenvalue weighted by molar-refractivity contribution is 5.94. The van der Waals surface area contributed by atoms with Crippen molar-refractivity contribution < 1.29 is 19.2 Å². The third-order valence-corrected chi connectivity index (χ3v) is 1.87. The van der Waals surface area contributed by atoms with Crippen molar-refractivity contribution in [2.24, 2.45) is 0 Å². The molecule has 1 aromatic heterocycles. The fraction of sp³-hybridized carbons (Fsp3) is 0.444. The Labute approximate surface area is 86.3 Å². The summed E-state index contributed by atoms with van der Waals surface area (Å²) in [5.41, 5.74) is 0.0900. The smallest absolute Gasteiger partial charge is 0.326 e. The summed E-state index contributed by atoms with van der Waals surface area (Å²) in [6, 6.07) is 0.554. The molecule has 1 amide bonds. The Balaban J connectivity index is 2.66. The van der Waals surface area contributed by atoms with Crippen molar-refractivity contribution in [2.75, 3.05) is 0 Å². The van der Waals surface area contributed by atoms with E-state index in [0.29, 0.717) is 12.2 Å². The molecular weight excluding hydrogens is 200 g/mol. The lowest BCUT2D eigenvalue weighted by Crippen LogP contribution is -2.40. The number of rotatable bonds is 4. The van der Waals surface area contributed by atoms with Crippen molar-refractivity contribution in [2.45, 2.75) is 26.3 Å². The van der Waals surface area contributed by atoms with Crippen molar-refractivity contribution in [3.8, 4) is 0 Å². The highest BCUT2D eigenvalue weighted by Crippen LogP contribution is 2.02. The Morgan fingerprint density at radius 1 is 1.67 bits per heavy atom. The predicted molar refractivity (Wildman–Crippen MR) is 50.4 cm³/mol. The van der Waals surface area contributed by atoms with Gasteiger partial charge in [-0.05, 0) is 13.3 Å². The molecule has 0 fully saturated rings. The average molecular weight is 212 g/mol. The van der Waals surface area contributed by atoms with E-state index in [1.807, 2.05) is 0 Å². The Morgan fingerprint density at radius 2 is 2.33 bits per heavy atom. The van der Waals surface area contributed by atoms with E-state index < -0.39 is 17.9 Å². The van der Waals surface area contributed by atoms with Crippen LogP contribution in [-0.4, -0.2) is 28.2 Å². The first-order valence-electron chi connectivity index (χ1n) is 4.51. The number of hydrogen-bond donors (Lipinski definition) is 2. The molecule has 0 unspecified atom stereocenters. The van der Waals surface area contributed by atoms with Gasteiger partial charge in [-0.1, -0.05) is 12.1 Å². The number of carbonyl (C=O) groups excluding carboxylic acids is 1. The highest BCUT2D eigenvalue weighted by atomic mass is 16.5. The van der Waals surface area contributed by atoms with Gasteiger partial charge >= 0.3 is 5.97 Å². The zero-order valence-corrected chi connectivity index (χ0v) is 8.48. The molecule has 82 valence electrons. The summed E-state index contributed by atoms with van der Waals surface area (Å²) < 4.78 is 4.70. The maximum Gasteiger partial charge on any atom is 0.326 e. The molecule has 1 rings (SSSR count). The van der Waals surface area contributed by atoms with E-state index in [4.69, 9.17) is 9.63 Å². The van der Waals surface area contributed by atoms with Crippen molar-refractivity contribution >= 4 is 11.9 Å². The van der Waals surface area contributed by atoms with Gasteiger partial charge in [0, 0.05) is 6.07 Å². The molecule has 1 heterocycles. The van der Waals surface area contributed by atoms with Gasteiger partial charge in [0.25, 0.3) is 5.91 Å². The summed E-state index contributed by atoms with van der Waals surface area (Å²) in [6.45, 7) is 3.32. The summed E-state index contributed by atoms with van der Waals surface area (Å²) in [4.78, 5) is 22.1. The lowest BCUT2D eigenvalue weighted by molar-refractivity contribution is -0.139. The second kappa shape index (κ2) is 4.59. The van der Waals surface area contributed by atoms with E-state index in [2.05, 4.69) is 10.5 Å². The van der Waals surface area contributed by atoms with Crippen molar-refractivity contribution in [3.05, 3.63) is 17.5 Å². The standard InChI is InChI=1S/C9H12N2O4/c1-3-6(9(13)14)10-8(12)7-4-5(2)15-11-7/h4,6H,3H2,1-2H3,(H,10,12)(H,13,14)/t6-/m0/s1. The van der Waals surface area contributed by atoms with Crippen molar-refractivity contribution in [1.82, 2.24) is 10.5 Å². The van der Waals surface area contributed by atoms with E-state index in [-0.39, 0.29) is 5.69 Å². The second-order valence-corrected chi connectivity index (χ2v) is 3.10. The minimum Gasteiger partial charge on any atom is -0.480 e. The molecule has 0 aliphatic rings. The first-order valence-corrected chi connectivity index (χ1v) is 4.51. The first kappa shape index (κ1) is 11.2. The third kappa shape index (κ3) is 2.80. The van der Waals surface area contributed by atoms with Crippen LogP contribution < -0.4 is 5.32 Å². The Bertz CT molecular complexity index is 372. The number of carboxylic acid groups (broad SMARTS) is 1.